The highest BCUT2D eigenvalue weighted by Gasteiger charge is 2.55. The zero-order valence-electron chi connectivity index (χ0n) is 15.4. The Morgan fingerprint density at radius 3 is 2.52 bits per heavy atom. The van der Waals surface area contributed by atoms with Gasteiger partial charge in [-0.3, -0.25) is 4.79 Å². The molecule has 0 bridgehead atoms. The van der Waals surface area contributed by atoms with Crippen molar-refractivity contribution in [1.82, 2.24) is 0 Å². The summed E-state index contributed by atoms with van der Waals surface area (Å²) in [6.07, 6.45) is 0.228. The van der Waals surface area contributed by atoms with Crippen LogP contribution in [-0.2, 0) is 24.5 Å². The molecule has 27 heavy (non-hydrogen) atoms. The van der Waals surface area contributed by atoms with Gasteiger partial charge in [-0.05, 0) is 38.5 Å². The quantitative estimate of drug-likeness (QED) is 0.681. The van der Waals surface area contributed by atoms with E-state index in [1.165, 1.54) is 0 Å². The number of carbonyl (C=O) groups is 2. The highest BCUT2D eigenvalue weighted by atomic mass is 79.9. The summed E-state index contributed by atoms with van der Waals surface area (Å²) >= 11 is 3.39. The molecule has 2 rings (SSSR count). The third-order valence-corrected chi connectivity index (χ3v) is 5.01. The second-order valence-corrected chi connectivity index (χ2v) is 6.76. The van der Waals surface area contributed by atoms with E-state index in [9.17, 15) is 14.9 Å². The van der Waals surface area contributed by atoms with Crippen LogP contribution in [0.5, 0.6) is 5.75 Å². The molecule has 2 atom stereocenters. The number of hydrogen-bond donors (Lipinski definition) is 1. The van der Waals surface area contributed by atoms with Crippen molar-refractivity contribution < 1.29 is 23.8 Å². The van der Waals surface area contributed by atoms with Crippen molar-refractivity contribution in [2.45, 2.75) is 32.6 Å². The van der Waals surface area contributed by atoms with Crippen LogP contribution in [0, 0.1) is 17.2 Å². The third-order valence-electron chi connectivity index (χ3n) is 4.52. The molecular weight excluding hydrogens is 416 g/mol. The molecule has 0 saturated heterocycles. The fourth-order valence-electron chi connectivity index (χ4n) is 3.41. The van der Waals surface area contributed by atoms with E-state index < -0.39 is 23.3 Å². The molecule has 0 aliphatic carbocycles. The molecule has 1 aliphatic rings. The Labute approximate surface area is 166 Å². The van der Waals surface area contributed by atoms with Gasteiger partial charge in [-0.2, -0.15) is 5.26 Å². The maximum Gasteiger partial charge on any atom is 0.340 e. The summed E-state index contributed by atoms with van der Waals surface area (Å²) in [5.74, 6) is -2.58. The normalized spacial score (nSPS) is 19.4. The summed E-state index contributed by atoms with van der Waals surface area (Å²) in [6, 6.07) is 7.14. The van der Waals surface area contributed by atoms with Crippen molar-refractivity contribution in [3.05, 3.63) is 39.7 Å². The van der Waals surface area contributed by atoms with Crippen molar-refractivity contribution in [3.8, 4) is 11.8 Å². The van der Waals surface area contributed by atoms with E-state index in [1.54, 1.807) is 39.0 Å². The van der Waals surface area contributed by atoms with Crippen LogP contribution in [0.1, 0.15) is 32.8 Å². The zero-order chi connectivity index (χ0) is 20.2. The molecule has 0 spiro atoms. The summed E-state index contributed by atoms with van der Waals surface area (Å²) in [7, 11) is 0. The van der Waals surface area contributed by atoms with Gasteiger partial charge in [0.1, 0.15) is 11.3 Å². The first-order chi connectivity index (χ1) is 12.9. The lowest BCUT2D eigenvalue weighted by atomic mass is 9.63. The molecule has 0 amide bonds. The highest BCUT2D eigenvalue weighted by molar-refractivity contribution is 9.10. The number of esters is 2. The van der Waals surface area contributed by atoms with Gasteiger partial charge in [0, 0.05) is 10.0 Å². The van der Waals surface area contributed by atoms with Gasteiger partial charge in [0.25, 0.3) is 0 Å². The largest absolute Gasteiger partial charge is 0.465 e. The standard InChI is InChI=1S/C19H21BrN2O5/c1-4-19(13(10-21)17(23)25-5-2)12-9-11(20)7-8-14(12)27-16(22)15(19)18(24)26-6-3/h7-9,13H,4-6,22H2,1-3H3. The molecule has 0 radical (unpaired) electrons. The van der Waals surface area contributed by atoms with E-state index >= 15 is 0 Å². The number of ether oxygens (including phenoxy) is 3. The minimum Gasteiger partial charge on any atom is -0.465 e. The molecule has 0 saturated carbocycles. The first kappa shape index (κ1) is 20.8. The fraction of sp³-hybridized carbons (Fsp3) is 0.421. The number of rotatable bonds is 6. The maximum absolute atomic E-state index is 12.8. The molecule has 1 aromatic carbocycles. The second-order valence-electron chi connectivity index (χ2n) is 5.84. The summed E-state index contributed by atoms with van der Waals surface area (Å²) < 4.78 is 16.6. The molecular formula is C19H21BrN2O5. The van der Waals surface area contributed by atoms with Gasteiger partial charge in [-0.25, -0.2) is 4.79 Å². The number of halogens is 1. The smallest absolute Gasteiger partial charge is 0.340 e. The van der Waals surface area contributed by atoms with Crippen molar-refractivity contribution in [1.29, 1.82) is 5.26 Å². The van der Waals surface area contributed by atoms with E-state index in [4.69, 9.17) is 19.9 Å². The minimum atomic E-state index is -1.37. The van der Waals surface area contributed by atoms with E-state index in [0.717, 1.165) is 0 Å². The molecule has 0 fully saturated rings. The first-order valence-electron chi connectivity index (χ1n) is 8.58. The molecule has 1 heterocycles. The highest BCUT2D eigenvalue weighted by Crippen LogP contribution is 2.51. The molecule has 1 aliphatic heterocycles. The van der Waals surface area contributed by atoms with Crippen molar-refractivity contribution in [2.24, 2.45) is 11.7 Å². The van der Waals surface area contributed by atoms with Crippen LogP contribution in [0.2, 0.25) is 0 Å². The van der Waals surface area contributed by atoms with Crippen LogP contribution in [-0.4, -0.2) is 25.2 Å². The Hall–Kier alpha value is -2.53. The molecule has 2 unspecified atom stereocenters. The first-order valence-corrected chi connectivity index (χ1v) is 9.38. The van der Waals surface area contributed by atoms with E-state index in [0.29, 0.717) is 15.8 Å². The van der Waals surface area contributed by atoms with Crippen molar-refractivity contribution in [2.75, 3.05) is 13.2 Å². The Balaban J connectivity index is 2.84. The van der Waals surface area contributed by atoms with Crippen LogP contribution >= 0.6 is 15.9 Å². The van der Waals surface area contributed by atoms with Crippen LogP contribution < -0.4 is 10.5 Å². The Kier molecular flexibility index (Phi) is 6.50. The van der Waals surface area contributed by atoms with E-state index in [-0.39, 0.29) is 31.1 Å². The lowest BCUT2D eigenvalue weighted by molar-refractivity contribution is -0.148. The average Bonchev–Trinajstić information content (AvgIpc) is 2.62. The zero-order valence-corrected chi connectivity index (χ0v) is 17.0. The topological polar surface area (TPSA) is 112 Å². The number of nitrogens with two attached hydrogens (primary N) is 1. The third kappa shape index (κ3) is 3.52. The SMILES string of the molecule is CCOC(=O)C1=C(N)Oc2ccc(Br)cc2C1(CC)C(C#N)C(=O)OCC. The summed E-state index contributed by atoms with van der Waals surface area (Å²) in [5.41, 5.74) is 5.15. The molecule has 1 aromatic rings. The van der Waals surface area contributed by atoms with Crippen LogP contribution in [0.25, 0.3) is 0 Å². The van der Waals surface area contributed by atoms with Gasteiger partial charge in [0.15, 0.2) is 5.92 Å². The summed E-state index contributed by atoms with van der Waals surface area (Å²) in [6.45, 7) is 5.29. The van der Waals surface area contributed by atoms with Crippen LogP contribution in [0.4, 0.5) is 0 Å². The molecule has 144 valence electrons. The lowest BCUT2D eigenvalue weighted by Crippen LogP contribution is -2.48. The van der Waals surface area contributed by atoms with Gasteiger partial charge in [-0.1, -0.05) is 22.9 Å². The summed E-state index contributed by atoms with van der Waals surface area (Å²) in [4.78, 5) is 25.4. The monoisotopic (exact) mass is 436 g/mol. The molecule has 0 aromatic heterocycles. The Morgan fingerprint density at radius 2 is 1.96 bits per heavy atom. The second kappa shape index (κ2) is 8.44. The fourth-order valence-corrected chi connectivity index (χ4v) is 3.77. The number of benzene rings is 1. The number of fused-ring (bicyclic) bond motifs is 1. The van der Waals surface area contributed by atoms with Crippen molar-refractivity contribution in [3.63, 3.8) is 0 Å². The van der Waals surface area contributed by atoms with Gasteiger partial charge < -0.3 is 19.9 Å². The van der Waals surface area contributed by atoms with Crippen LogP contribution in [0.3, 0.4) is 0 Å². The number of nitrogens with zero attached hydrogens (tertiary/aromatic N) is 1. The predicted molar refractivity (Wildman–Crippen MR) is 100 cm³/mol. The van der Waals surface area contributed by atoms with Crippen LogP contribution in [0.15, 0.2) is 34.1 Å². The molecule has 2 N–H and O–H groups in total. The number of hydrogen-bond acceptors (Lipinski definition) is 7. The number of nitriles is 1. The molecule has 7 nitrogen and oxygen atoms in total. The van der Waals surface area contributed by atoms with E-state index in [1.807, 2.05) is 6.07 Å². The average molecular weight is 437 g/mol. The van der Waals surface area contributed by atoms with Crippen molar-refractivity contribution >= 4 is 27.9 Å². The van der Waals surface area contributed by atoms with Gasteiger partial charge in [0.2, 0.25) is 5.88 Å². The van der Waals surface area contributed by atoms with Gasteiger partial charge in [0.05, 0.1) is 24.7 Å². The predicted octanol–water partition coefficient (Wildman–Crippen LogP) is 2.93. The minimum absolute atomic E-state index is 0.0444. The molecule has 8 heteroatoms. The maximum atomic E-state index is 12.8. The number of carbonyl (C=O) groups excluding carboxylic acids is 2. The van der Waals surface area contributed by atoms with E-state index in [2.05, 4.69) is 15.9 Å². The van der Waals surface area contributed by atoms with Gasteiger partial charge in [-0.15, -0.1) is 0 Å². The lowest BCUT2D eigenvalue weighted by Gasteiger charge is -2.41. The summed E-state index contributed by atoms with van der Waals surface area (Å²) in [5, 5.41) is 9.86. The van der Waals surface area contributed by atoms with Gasteiger partial charge >= 0.3 is 11.9 Å². The Bertz CT molecular complexity index is 830. The Morgan fingerprint density at radius 1 is 1.30 bits per heavy atom.